The van der Waals surface area contributed by atoms with Gasteiger partial charge in [-0.2, -0.15) is 0 Å². The van der Waals surface area contributed by atoms with Crippen molar-refractivity contribution in [2.45, 2.75) is 19.6 Å². The molecule has 0 bridgehead atoms. The highest BCUT2D eigenvalue weighted by molar-refractivity contribution is 5.92. The van der Waals surface area contributed by atoms with Crippen molar-refractivity contribution in [1.82, 2.24) is 9.55 Å². The third kappa shape index (κ3) is 2.29. The van der Waals surface area contributed by atoms with E-state index in [1.165, 1.54) is 0 Å². The van der Waals surface area contributed by atoms with Gasteiger partial charge < -0.3 is 14.4 Å². The molecule has 0 aliphatic heterocycles. The molecule has 0 amide bonds. The summed E-state index contributed by atoms with van der Waals surface area (Å²) in [6.45, 7) is 2.60. The molecule has 0 saturated carbocycles. The van der Waals surface area contributed by atoms with Gasteiger partial charge in [0.05, 0.1) is 35.6 Å². The maximum atomic E-state index is 10.9. The van der Waals surface area contributed by atoms with Gasteiger partial charge in [0, 0.05) is 7.11 Å². The number of carbonyl (C=O) groups is 1. The zero-order valence-electron chi connectivity index (χ0n) is 9.75. The molecule has 0 aliphatic rings. The molecule has 1 heterocycles. The molecule has 0 spiro atoms. The molecule has 5 heteroatoms. The minimum Gasteiger partial charge on any atom is -0.478 e. The van der Waals surface area contributed by atoms with Crippen LogP contribution in [0.15, 0.2) is 24.5 Å². The number of ether oxygens (including phenoxy) is 1. The lowest BCUT2D eigenvalue weighted by Crippen LogP contribution is -2.13. The minimum atomic E-state index is -0.931. The van der Waals surface area contributed by atoms with Crippen LogP contribution in [0.1, 0.15) is 17.3 Å². The standard InChI is InChI=1S/C12H14N2O3/c1-8(17-2)6-14-7-13-10-4-3-9(12(15)16)5-11(10)14/h3-5,7-8H,6H2,1-2H3,(H,15,16)/t8-/m1/s1. The Morgan fingerprint density at radius 1 is 1.59 bits per heavy atom. The monoisotopic (exact) mass is 234 g/mol. The van der Waals surface area contributed by atoms with Crippen LogP contribution in [0, 0.1) is 0 Å². The van der Waals surface area contributed by atoms with Crippen molar-refractivity contribution in [3.05, 3.63) is 30.1 Å². The molecule has 90 valence electrons. The molecule has 1 aromatic heterocycles. The summed E-state index contributed by atoms with van der Waals surface area (Å²) in [6.07, 6.45) is 1.76. The molecule has 1 N–H and O–H groups in total. The van der Waals surface area contributed by atoms with Gasteiger partial charge >= 0.3 is 5.97 Å². The van der Waals surface area contributed by atoms with E-state index in [0.717, 1.165) is 11.0 Å². The summed E-state index contributed by atoms with van der Waals surface area (Å²) in [6, 6.07) is 4.90. The lowest BCUT2D eigenvalue weighted by atomic mass is 10.2. The van der Waals surface area contributed by atoms with Crippen molar-refractivity contribution in [2.24, 2.45) is 0 Å². The molecule has 1 aromatic carbocycles. The van der Waals surface area contributed by atoms with Crippen LogP contribution in [-0.4, -0.2) is 33.8 Å². The molecule has 0 radical (unpaired) electrons. The van der Waals surface area contributed by atoms with Crippen molar-refractivity contribution in [3.8, 4) is 0 Å². The highest BCUT2D eigenvalue weighted by Crippen LogP contribution is 2.16. The molecule has 0 aliphatic carbocycles. The predicted molar refractivity (Wildman–Crippen MR) is 63.2 cm³/mol. The van der Waals surface area contributed by atoms with Gasteiger partial charge in [-0.25, -0.2) is 9.78 Å². The van der Waals surface area contributed by atoms with Crippen molar-refractivity contribution >= 4 is 17.0 Å². The number of benzene rings is 1. The lowest BCUT2D eigenvalue weighted by Gasteiger charge is -2.10. The lowest BCUT2D eigenvalue weighted by molar-refractivity contribution is 0.0697. The fraction of sp³-hybridized carbons (Fsp3) is 0.333. The maximum absolute atomic E-state index is 10.9. The number of methoxy groups -OCH3 is 1. The van der Waals surface area contributed by atoms with Crippen molar-refractivity contribution in [1.29, 1.82) is 0 Å². The smallest absolute Gasteiger partial charge is 0.335 e. The first-order valence-electron chi connectivity index (χ1n) is 5.33. The van der Waals surface area contributed by atoms with Gasteiger partial charge in [0.2, 0.25) is 0 Å². The number of imidazole rings is 1. The van der Waals surface area contributed by atoms with Crippen LogP contribution in [0.4, 0.5) is 0 Å². The average molecular weight is 234 g/mol. The second-order valence-corrected chi connectivity index (χ2v) is 3.95. The number of hydrogen-bond acceptors (Lipinski definition) is 3. The van der Waals surface area contributed by atoms with Crippen LogP contribution in [0.2, 0.25) is 0 Å². The molecule has 5 nitrogen and oxygen atoms in total. The first kappa shape index (κ1) is 11.6. The van der Waals surface area contributed by atoms with E-state index >= 15 is 0 Å². The molecule has 17 heavy (non-hydrogen) atoms. The van der Waals surface area contributed by atoms with E-state index in [1.54, 1.807) is 31.6 Å². The fourth-order valence-electron chi connectivity index (χ4n) is 1.69. The zero-order valence-corrected chi connectivity index (χ0v) is 9.75. The summed E-state index contributed by atoms with van der Waals surface area (Å²) in [5, 5.41) is 8.95. The van der Waals surface area contributed by atoms with Gasteiger partial charge in [0.25, 0.3) is 0 Å². The topological polar surface area (TPSA) is 64.4 Å². The number of nitrogens with zero attached hydrogens (tertiary/aromatic N) is 2. The SMILES string of the molecule is CO[C@H](C)Cn1cnc2ccc(C(=O)O)cc21. The van der Waals surface area contributed by atoms with E-state index in [1.807, 2.05) is 11.5 Å². The average Bonchev–Trinajstić information content (AvgIpc) is 2.71. The normalized spacial score (nSPS) is 12.8. The summed E-state index contributed by atoms with van der Waals surface area (Å²) >= 11 is 0. The summed E-state index contributed by atoms with van der Waals surface area (Å²) < 4.78 is 7.08. The summed E-state index contributed by atoms with van der Waals surface area (Å²) in [5.41, 5.74) is 1.87. The molecule has 0 saturated heterocycles. The Labute approximate surface area is 98.6 Å². The number of rotatable bonds is 4. The maximum Gasteiger partial charge on any atom is 0.335 e. The second-order valence-electron chi connectivity index (χ2n) is 3.95. The third-order valence-corrected chi connectivity index (χ3v) is 2.72. The van der Waals surface area contributed by atoms with Crippen molar-refractivity contribution in [2.75, 3.05) is 7.11 Å². The van der Waals surface area contributed by atoms with E-state index in [9.17, 15) is 4.79 Å². The van der Waals surface area contributed by atoms with Crippen LogP contribution in [0.25, 0.3) is 11.0 Å². The largest absolute Gasteiger partial charge is 0.478 e. The van der Waals surface area contributed by atoms with Crippen LogP contribution in [-0.2, 0) is 11.3 Å². The molecular formula is C12H14N2O3. The molecular weight excluding hydrogens is 220 g/mol. The Morgan fingerprint density at radius 3 is 3.00 bits per heavy atom. The van der Waals surface area contributed by atoms with Gasteiger partial charge in [-0.1, -0.05) is 0 Å². The Morgan fingerprint density at radius 2 is 2.35 bits per heavy atom. The Hall–Kier alpha value is -1.88. The Bertz CT molecular complexity index is 548. The first-order valence-corrected chi connectivity index (χ1v) is 5.33. The van der Waals surface area contributed by atoms with Gasteiger partial charge in [-0.15, -0.1) is 0 Å². The number of aromatic nitrogens is 2. The Kier molecular flexibility index (Phi) is 3.10. The van der Waals surface area contributed by atoms with E-state index in [2.05, 4.69) is 4.98 Å². The van der Waals surface area contributed by atoms with Crippen molar-refractivity contribution < 1.29 is 14.6 Å². The molecule has 0 unspecified atom stereocenters. The highest BCUT2D eigenvalue weighted by Gasteiger charge is 2.09. The quantitative estimate of drug-likeness (QED) is 0.875. The first-order chi connectivity index (χ1) is 8.11. The van der Waals surface area contributed by atoms with Crippen LogP contribution in [0.3, 0.4) is 0 Å². The van der Waals surface area contributed by atoms with Gasteiger partial charge in [-0.05, 0) is 25.1 Å². The molecule has 2 rings (SSSR count). The van der Waals surface area contributed by atoms with E-state index in [0.29, 0.717) is 6.54 Å². The molecule has 2 aromatic rings. The minimum absolute atomic E-state index is 0.0564. The van der Waals surface area contributed by atoms with Gasteiger partial charge in [0.1, 0.15) is 0 Å². The van der Waals surface area contributed by atoms with E-state index < -0.39 is 5.97 Å². The third-order valence-electron chi connectivity index (χ3n) is 2.72. The van der Waals surface area contributed by atoms with Crippen molar-refractivity contribution in [3.63, 3.8) is 0 Å². The number of hydrogen-bond donors (Lipinski definition) is 1. The van der Waals surface area contributed by atoms with Crippen LogP contribution < -0.4 is 0 Å². The van der Waals surface area contributed by atoms with Gasteiger partial charge in [0.15, 0.2) is 0 Å². The molecule has 0 fully saturated rings. The highest BCUT2D eigenvalue weighted by atomic mass is 16.5. The zero-order chi connectivity index (χ0) is 12.4. The summed E-state index contributed by atoms with van der Waals surface area (Å²) in [4.78, 5) is 15.1. The Balaban J connectivity index is 2.43. The van der Waals surface area contributed by atoms with E-state index in [-0.39, 0.29) is 11.7 Å². The van der Waals surface area contributed by atoms with Gasteiger partial charge in [-0.3, -0.25) is 0 Å². The fourth-order valence-corrected chi connectivity index (χ4v) is 1.69. The number of carboxylic acids is 1. The second kappa shape index (κ2) is 4.55. The number of carboxylic acid groups (broad SMARTS) is 1. The molecule has 1 atom stereocenters. The number of fused-ring (bicyclic) bond motifs is 1. The summed E-state index contributed by atoms with van der Waals surface area (Å²) in [5.74, 6) is -0.931. The van der Waals surface area contributed by atoms with Crippen LogP contribution >= 0.6 is 0 Å². The number of aromatic carboxylic acids is 1. The van der Waals surface area contributed by atoms with Crippen LogP contribution in [0.5, 0.6) is 0 Å². The van der Waals surface area contributed by atoms with E-state index in [4.69, 9.17) is 9.84 Å². The summed E-state index contributed by atoms with van der Waals surface area (Å²) in [7, 11) is 1.65. The predicted octanol–water partition coefficient (Wildman–Crippen LogP) is 1.77.